The molecule has 7 nitrogen and oxygen atoms in total. The summed E-state index contributed by atoms with van der Waals surface area (Å²) in [6, 6.07) is 1.74. The minimum absolute atomic E-state index is 0.105. The summed E-state index contributed by atoms with van der Waals surface area (Å²) in [6.07, 6.45) is 2.96. The highest BCUT2D eigenvalue weighted by Gasteiger charge is 2.31. The Labute approximate surface area is 130 Å². The molecule has 0 spiro atoms. The molecule has 2 heterocycles. The summed E-state index contributed by atoms with van der Waals surface area (Å²) in [7, 11) is 1.79. The van der Waals surface area contributed by atoms with Gasteiger partial charge in [0.25, 0.3) is 0 Å². The molecule has 1 aliphatic heterocycles. The summed E-state index contributed by atoms with van der Waals surface area (Å²) in [5, 5.41) is 6.92. The number of carbonyl (C=O) groups excluding carboxylic acids is 2. The minimum Gasteiger partial charge on any atom is -0.444 e. The zero-order chi connectivity index (χ0) is 16.3. The fraction of sp³-hybridized carbons (Fsp3) is 0.667. The van der Waals surface area contributed by atoms with Crippen LogP contribution in [0.5, 0.6) is 0 Å². The number of carbonyl (C=O) groups is 2. The first-order valence-corrected chi connectivity index (χ1v) is 7.53. The van der Waals surface area contributed by atoms with E-state index in [0.717, 1.165) is 12.8 Å². The van der Waals surface area contributed by atoms with E-state index >= 15 is 0 Å². The highest BCUT2D eigenvalue weighted by atomic mass is 16.6. The smallest absolute Gasteiger partial charge is 0.410 e. The number of ether oxygens (including phenoxy) is 1. The van der Waals surface area contributed by atoms with E-state index in [1.165, 1.54) is 0 Å². The molecule has 122 valence electrons. The second kappa shape index (κ2) is 6.37. The third-order valence-electron chi connectivity index (χ3n) is 3.41. The lowest BCUT2D eigenvalue weighted by molar-refractivity contribution is -0.121. The second-order valence-electron chi connectivity index (χ2n) is 6.63. The summed E-state index contributed by atoms with van der Waals surface area (Å²) in [5.41, 5.74) is -0.528. The average molecular weight is 308 g/mol. The Morgan fingerprint density at radius 2 is 2.14 bits per heavy atom. The van der Waals surface area contributed by atoms with Crippen LogP contribution in [0, 0.1) is 5.92 Å². The molecular formula is C15H24N4O3. The molecular weight excluding hydrogens is 284 g/mol. The van der Waals surface area contributed by atoms with Crippen molar-refractivity contribution in [1.82, 2.24) is 14.7 Å². The van der Waals surface area contributed by atoms with Gasteiger partial charge in [-0.25, -0.2) is 4.79 Å². The van der Waals surface area contributed by atoms with Gasteiger partial charge in [-0.2, -0.15) is 5.10 Å². The van der Waals surface area contributed by atoms with Crippen LogP contribution in [0.15, 0.2) is 12.3 Å². The van der Waals surface area contributed by atoms with Gasteiger partial charge in [-0.05, 0) is 33.6 Å². The number of piperidine rings is 1. The lowest BCUT2D eigenvalue weighted by atomic mass is 9.97. The van der Waals surface area contributed by atoms with Crippen LogP contribution in [0.1, 0.15) is 33.6 Å². The largest absolute Gasteiger partial charge is 0.444 e. The molecule has 2 rings (SSSR count). The van der Waals surface area contributed by atoms with E-state index in [4.69, 9.17) is 4.74 Å². The van der Waals surface area contributed by atoms with E-state index in [-0.39, 0.29) is 17.9 Å². The van der Waals surface area contributed by atoms with E-state index in [0.29, 0.717) is 18.9 Å². The SMILES string of the molecule is Cn1ccc(NC(=O)[C@@H]2CCCN(C(=O)OC(C)(C)C)C2)n1. The molecule has 0 unspecified atom stereocenters. The van der Waals surface area contributed by atoms with Gasteiger partial charge in [0.2, 0.25) is 5.91 Å². The maximum atomic E-state index is 12.3. The molecule has 1 saturated heterocycles. The van der Waals surface area contributed by atoms with Crippen molar-refractivity contribution in [2.75, 3.05) is 18.4 Å². The van der Waals surface area contributed by atoms with Gasteiger partial charge in [-0.15, -0.1) is 0 Å². The van der Waals surface area contributed by atoms with Crippen LogP contribution >= 0.6 is 0 Å². The summed E-state index contributed by atoms with van der Waals surface area (Å²) in [5.74, 6) is 0.192. The van der Waals surface area contributed by atoms with E-state index < -0.39 is 5.60 Å². The first-order chi connectivity index (χ1) is 10.2. The van der Waals surface area contributed by atoms with E-state index in [1.807, 2.05) is 20.8 Å². The van der Waals surface area contributed by atoms with Crippen LogP contribution in [0.25, 0.3) is 0 Å². The lowest BCUT2D eigenvalue weighted by Gasteiger charge is -2.33. The molecule has 1 atom stereocenters. The fourth-order valence-electron chi connectivity index (χ4n) is 2.39. The van der Waals surface area contributed by atoms with Gasteiger partial charge in [0.1, 0.15) is 5.60 Å². The predicted octanol–water partition coefficient (Wildman–Crippen LogP) is 2.01. The number of aromatic nitrogens is 2. The third-order valence-corrected chi connectivity index (χ3v) is 3.41. The van der Waals surface area contributed by atoms with E-state index in [1.54, 1.807) is 28.9 Å². The van der Waals surface area contributed by atoms with Gasteiger partial charge in [0.15, 0.2) is 5.82 Å². The number of hydrogen-bond donors (Lipinski definition) is 1. The van der Waals surface area contributed by atoms with Crippen molar-refractivity contribution >= 4 is 17.8 Å². The standard InChI is InChI=1S/C15H24N4O3/c1-15(2,3)22-14(21)19-8-5-6-11(10-19)13(20)16-12-7-9-18(4)17-12/h7,9,11H,5-6,8,10H2,1-4H3,(H,16,17,20)/t11-/m1/s1. The molecule has 0 radical (unpaired) electrons. The van der Waals surface area contributed by atoms with Crippen molar-refractivity contribution in [3.05, 3.63) is 12.3 Å². The monoisotopic (exact) mass is 308 g/mol. The molecule has 0 saturated carbocycles. The van der Waals surface area contributed by atoms with Crippen LogP contribution in [-0.4, -0.2) is 45.4 Å². The lowest BCUT2D eigenvalue weighted by Crippen LogP contribution is -2.45. The van der Waals surface area contributed by atoms with Crippen LogP contribution in [-0.2, 0) is 16.6 Å². The molecule has 0 aliphatic carbocycles. The molecule has 1 N–H and O–H groups in total. The number of aryl methyl sites for hydroxylation is 1. The molecule has 0 aromatic carbocycles. The van der Waals surface area contributed by atoms with Gasteiger partial charge < -0.3 is 15.0 Å². The average Bonchev–Trinajstić information content (AvgIpc) is 2.82. The second-order valence-corrected chi connectivity index (χ2v) is 6.63. The Hall–Kier alpha value is -2.05. The fourth-order valence-corrected chi connectivity index (χ4v) is 2.39. The van der Waals surface area contributed by atoms with E-state index in [9.17, 15) is 9.59 Å². The number of hydrogen-bond acceptors (Lipinski definition) is 4. The van der Waals surface area contributed by atoms with E-state index in [2.05, 4.69) is 10.4 Å². The molecule has 1 aromatic rings. The predicted molar refractivity (Wildman–Crippen MR) is 82.4 cm³/mol. The van der Waals surface area contributed by atoms with Crippen LogP contribution in [0.4, 0.5) is 10.6 Å². The van der Waals surface area contributed by atoms with Crippen molar-refractivity contribution in [3.8, 4) is 0 Å². The normalized spacial score (nSPS) is 18.9. The van der Waals surface area contributed by atoms with Crippen LogP contribution < -0.4 is 5.32 Å². The Balaban J connectivity index is 1.92. The van der Waals surface area contributed by atoms with Crippen molar-refractivity contribution in [2.24, 2.45) is 13.0 Å². The molecule has 0 bridgehead atoms. The minimum atomic E-state index is -0.528. The van der Waals surface area contributed by atoms with Gasteiger partial charge >= 0.3 is 6.09 Å². The zero-order valence-electron chi connectivity index (χ0n) is 13.6. The Bertz CT molecular complexity index is 547. The van der Waals surface area contributed by atoms with Gasteiger partial charge in [0.05, 0.1) is 5.92 Å². The first-order valence-electron chi connectivity index (χ1n) is 7.53. The van der Waals surface area contributed by atoms with Crippen LogP contribution in [0.3, 0.4) is 0 Å². The molecule has 1 aromatic heterocycles. The molecule has 22 heavy (non-hydrogen) atoms. The summed E-state index contributed by atoms with van der Waals surface area (Å²) in [6.45, 7) is 6.51. The first kappa shape index (κ1) is 16.3. The topological polar surface area (TPSA) is 76.5 Å². The Kier molecular flexibility index (Phi) is 4.73. The van der Waals surface area contributed by atoms with Crippen molar-refractivity contribution in [3.63, 3.8) is 0 Å². The number of likely N-dealkylation sites (tertiary alicyclic amines) is 1. The molecule has 2 amide bonds. The van der Waals surface area contributed by atoms with Gasteiger partial charge in [0, 0.05) is 32.4 Å². The maximum absolute atomic E-state index is 12.3. The van der Waals surface area contributed by atoms with Gasteiger partial charge in [-0.1, -0.05) is 0 Å². The summed E-state index contributed by atoms with van der Waals surface area (Å²) in [4.78, 5) is 26.0. The molecule has 7 heteroatoms. The summed E-state index contributed by atoms with van der Waals surface area (Å²) < 4.78 is 6.99. The molecule has 1 aliphatic rings. The quantitative estimate of drug-likeness (QED) is 0.906. The number of anilines is 1. The number of nitrogens with one attached hydrogen (secondary N) is 1. The number of amides is 2. The third kappa shape index (κ3) is 4.47. The van der Waals surface area contributed by atoms with Crippen molar-refractivity contribution < 1.29 is 14.3 Å². The van der Waals surface area contributed by atoms with Crippen molar-refractivity contribution in [2.45, 2.75) is 39.2 Å². The Morgan fingerprint density at radius 3 is 2.73 bits per heavy atom. The summed E-state index contributed by atoms with van der Waals surface area (Å²) >= 11 is 0. The number of nitrogens with zero attached hydrogens (tertiary/aromatic N) is 3. The van der Waals surface area contributed by atoms with Crippen molar-refractivity contribution in [1.29, 1.82) is 0 Å². The van der Waals surface area contributed by atoms with Crippen LogP contribution in [0.2, 0.25) is 0 Å². The number of rotatable bonds is 2. The van der Waals surface area contributed by atoms with Gasteiger partial charge in [-0.3, -0.25) is 9.48 Å². The maximum Gasteiger partial charge on any atom is 0.410 e. The zero-order valence-corrected chi connectivity index (χ0v) is 13.6. The molecule has 1 fully saturated rings. The highest BCUT2D eigenvalue weighted by molar-refractivity contribution is 5.92. The Morgan fingerprint density at radius 1 is 1.41 bits per heavy atom. The highest BCUT2D eigenvalue weighted by Crippen LogP contribution is 2.20.